The average molecular weight is 617 g/mol. The minimum absolute atomic E-state index is 0.0285. The summed E-state index contributed by atoms with van der Waals surface area (Å²) in [6.45, 7) is 6.76. The molecular weight excluding hydrogens is 582 g/mol. The van der Waals surface area contributed by atoms with E-state index in [1.807, 2.05) is 45.0 Å². The van der Waals surface area contributed by atoms with Crippen molar-refractivity contribution in [3.05, 3.63) is 88.9 Å². The van der Waals surface area contributed by atoms with Crippen LogP contribution in [0.15, 0.2) is 88.2 Å². The van der Waals surface area contributed by atoms with Gasteiger partial charge in [0.1, 0.15) is 18.3 Å². The topological polar surface area (TPSA) is 96.0 Å². The minimum atomic E-state index is -4.17. The van der Waals surface area contributed by atoms with Gasteiger partial charge in [-0.15, -0.1) is 0 Å². The zero-order valence-electron chi connectivity index (χ0n) is 22.7. The Morgan fingerprint density at radius 2 is 1.62 bits per heavy atom. The summed E-state index contributed by atoms with van der Waals surface area (Å²) in [4.78, 5) is 28.6. The zero-order valence-corrected chi connectivity index (χ0v) is 25.1. The van der Waals surface area contributed by atoms with E-state index in [0.717, 1.165) is 14.3 Å². The number of benzene rings is 3. The number of hydrogen-bond donors (Lipinski definition) is 1. The molecule has 3 rings (SSSR count). The molecule has 0 aliphatic carbocycles. The number of nitrogens with zero attached hydrogens (tertiary/aromatic N) is 2. The zero-order chi connectivity index (χ0) is 28.8. The Hall–Kier alpha value is -3.37. The number of rotatable bonds is 10. The van der Waals surface area contributed by atoms with Crippen LogP contribution in [0.2, 0.25) is 0 Å². The normalized spacial score (nSPS) is 12.4. The van der Waals surface area contributed by atoms with Gasteiger partial charge in [-0.1, -0.05) is 58.4 Å². The fourth-order valence-electron chi connectivity index (χ4n) is 3.96. The number of sulfonamides is 1. The molecule has 208 valence electrons. The highest BCUT2D eigenvalue weighted by molar-refractivity contribution is 9.10. The van der Waals surface area contributed by atoms with Crippen molar-refractivity contribution in [3.63, 3.8) is 0 Å². The van der Waals surface area contributed by atoms with Gasteiger partial charge < -0.3 is 15.0 Å². The Morgan fingerprint density at radius 1 is 0.974 bits per heavy atom. The van der Waals surface area contributed by atoms with E-state index >= 15 is 0 Å². The molecule has 3 aromatic rings. The highest BCUT2D eigenvalue weighted by atomic mass is 79.9. The number of ether oxygens (including phenoxy) is 1. The van der Waals surface area contributed by atoms with Crippen LogP contribution in [-0.2, 0) is 26.2 Å². The lowest BCUT2D eigenvalue weighted by molar-refractivity contribution is -0.140. The van der Waals surface area contributed by atoms with E-state index in [-0.39, 0.29) is 23.0 Å². The fraction of sp³-hybridized carbons (Fsp3) is 0.310. The number of carbonyl (C=O) groups is 2. The maximum Gasteiger partial charge on any atom is 0.264 e. The highest BCUT2D eigenvalue weighted by Crippen LogP contribution is 2.32. The molecule has 1 atom stereocenters. The molecule has 2 amide bonds. The highest BCUT2D eigenvalue weighted by Gasteiger charge is 2.34. The number of methoxy groups -OCH3 is 1. The van der Waals surface area contributed by atoms with Gasteiger partial charge in [0.25, 0.3) is 10.0 Å². The van der Waals surface area contributed by atoms with E-state index in [1.54, 1.807) is 49.4 Å². The predicted octanol–water partition coefficient (Wildman–Crippen LogP) is 4.99. The second-order valence-corrected chi connectivity index (χ2v) is 12.8. The second-order valence-electron chi connectivity index (χ2n) is 10.1. The molecule has 0 bridgehead atoms. The van der Waals surface area contributed by atoms with Crippen molar-refractivity contribution in [1.82, 2.24) is 10.2 Å². The third-order valence-corrected chi connectivity index (χ3v) is 8.14. The van der Waals surface area contributed by atoms with Crippen LogP contribution >= 0.6 is 15.9 Å². The Bertz CT molecular complexity index is 1410. The van der Waals surface area contributed by atoms with Gasteiger partial charge in [-0.25, -0.2) is 8.42 Å². The molecule has 0 aromatic heterocycles. The van der Waals surface area contributed by atoms with Crippen molar-refractivity contribution < 1.29 is 22.7 Å². The van der Waals surface area contributed by atoms with Gasteiger partial charge in [0, 0.05) is 16.6 Å². The molecule has 0 saturated heterocycles. The molecule has 1 N–H and O–H groups in total. The molecule has 3 aromatic carbocycles. The molecule has 0 heterocycles. The Kier molecular flexibility index (Phi) is 9.79. The van der Waals surface area contributed by atoms with Crippen LogP contribution < -0.4 is 14.4 Å². The molecule has 0 aliphatic rings. The molecule has 0 radical (unpaired) electrons. The van der Waals surface area contributed by atoms with E-state index in [0.29, 0.717) is 5.75 Å². The van der Waals surface area contributed by atoms with Crippen molar-refractivity contribution >= 4 is 43.5 Å². The number of amides is 2. The van der Waals surface area contributed by atoms with Crippen molar-refractivity contribution in [1.29, 1.82) is 0 Å². The summed E-state index contributed by atoms with van der Waals surface area (Å²) >= 11 is 3.45. The summed E-state index contributed by atoms with van der Waals surface area (Å²) in [7, 11) is -2.73. The van der Waals surface area contributed by atoms with Gasteiger partial charge in [0.05, 0.1) is 17.7 Å². The standard InChI is InChI=1S/C29H34BrN3O5S/c1-21(28(35)31-29(2,3)4)32(19-22-12-11-13-23(30)18-22)27(34)20-33(25-16-9-10-17-26(25)38-5)39(36,37)24-14-7-6-8-15-24/h6-18,21H,19-20H2,1-5H3,(H,31,35)/t21-/m0/s1. The number of halogens is 1. The average Bonchev–Trinajstić information content (AvgIpc) is 2.89. The summed E-state index contributed by atoms with van der Waals surface area (Å²) in [5.41, 5.74) is 0.477. The van der Waals surface area contributed by atoms with Gasteiger partial charge in [0.15, 0.2) is 0 Å². The quantitative estimate of drug-likeness (QED) is 0.347. The van der Waals surface area contributed by atoms with Gasteiger partial charge in [-0.2, -0.15) is 0 Å². The second kappa shape index (κ2) is 12.7. The summed E-state index contributed by atoms with van der Waals surface area (Å²) in [6, 6.07) is 21.0. The maximum absolute atomic E-state index is 14.0. The van der Waals surface area contributed by atoms with E-state index in [9.17, 15) is 18.0 Å². The van der Waals surface area contributed by atoms with Gasteiger partial charge >= 0.3 is 0 Å². The Morgan fingerprint density at radius 3 is 2.23 bits per heavy atom. The van der Waals surface area contributed by atoms with E-state index in [2.05, 4.69) is 21.2 Å². The summed E-state index contributed by atoms with van der Waals surface area (Å²) in [5.74, 6) is -0.598. The first kappa shape index (κ1) is 30.2. The Labute approximate surface area is 239 Å². The molecule has 0 fully saturated rings. The smallest absolute Gasteiger partial charge is 0.264 e. The SMILES string of the molecule is COc1ccccc1N(CC(=O)N(Cc1cccc(Br)c1)[C@@H](C)C(=O)NC(C)(C)C)S(=O)(=O)c1ccccc1. The van der Waals surface area contributed by atoms with Crippen LogP contribution in [0.1, 0.15) is 33.3 Å². The number of nitrogens with one attached hydrogen (secondary N) is 1. The molecule has 39 heavy (non-hydrogen) atoms. The first-order chi connectivity index (χ1) is 18.3. The molecule has 10 heteroatoms. The summed E-state index contributed by atoms with van der Waals surface area (Å²) in [6.07, 6.45) is 0. The minimum Gasteiger partial charge on any atom is -0.495 e. The van der Waals surface area contributed by atoms with Gasteiger partial charge in [0.2, 0.25) is 11.8 Å². The monoisotopic (exact) mass is 615 g/mol. The van der Waals surface area contributed by atoms with Crippen molar-refractivity contribution in [2.24, 2.45) is 0 Å². The number of para-hydroxylation sites is 2. The molecule has 0 spiro atoms. The molecule has 0 saturated carbocycles. The third-order valence-electron chi connectivity index (χ3n) is 5.87. The molecular formula is C29H34BrN3O5S. The van der Waals surface area contributed by atoms with Gasteiger partial charge in [-0.3, -0.25) is 13.9 Å². The van der Waals surface area contributed by atoms with E-state index in [4.69, 9.17) is 4.74 Å². The molecule has 0 aliphatic heterocycles. The van der Waals surface area contributed by atoms with Crippen LogP contribution in [0, 0.1) is 0 Å². The maximum atomic E-state index is 14.0. The lowest BCUT2D eigenvalue weighted by Gasteiger charge is -2.33. The van der Waals surface area contributed by atoms with Crippen molar-refractivity contribution in [2.75, 3.05) is 18.0 Å². The van der Waals surface area contributed by atoms with Gasteiger partial charge in [-0.05, 0) is 69.7 Å². The first-order valence-corrected chi connectivity index (χ1v) is 14.6. The molecule has 8 nitrogen and oxygen atoms in total. The van der Waals surface area contributed by atoms with Crippen LogP contribution in [0.25, 0.3) is 0 Å². The molecule has 0 unspecified atom stereocenters. The number of carbonyl (C=O) groups excluding carboxylic acids is 2. The van der Waals surface area contributed by atoms with Crippen LogP contribution in [0.3, 0.4) is 0 Å². The van der Waals surface area contributed by atoms with Crippen molar-refractivity contribution in [2.45, 2.75) is 50.7 Å². The van der Waals surface area contributed by atoms with E-state index in [1.165, 1.54) is 24.1 Å². The summed E-state index contributed by atoms with van der Waals surface area (Å²) < 4.78 is 35.0. The third kappa shape index (κ3) is 7.83. The predicted molar refractivity (Wildman–Crippen MR) is 156 cm³/mol. The van der Waals surface area contributed by atoms with Crippen LogP contribution in [0.4, 0.5) is 5.69 Å². The van der Waals surface area contributed by atoms with Crippen LogP contribution in [0.5, 0.6) is 5.75 Å². The van der Waals surface area contributed by atoms with Crippen molar-refractivity contribution in [3.8, 4) is 5.75 Å². The Balaban J connectivity index is 2.07. The van der Waals surface area contributed by atoms with E-state index < -0.39 is 34.1 Å². The lowest BCUT2D eigenvalue weighted by atomic mass is 10.1. The fourth-order valence-corrected chi connectivity index (χ4v) is 5.85. The summed E-state index contributed by atoms with van der Waals surface area (Å²) in [5, 5.41) is 2.92. The van der Waals surface area contributed by atoms with Crippen LogP contribution in [-0.4, -0.2) is 50.4 Å². The number of hydrogen-bond acceptors (Lipinski definition) is 5. The largest absolute Gasteiger partial charge is 0.495 e. The first-order valence-electron chi connectivity index (χ1n) is 12.4. The number of anilines is 1. The lowest BCUT2D eigenvalue weighted by Crippen LogP contribution is -2.54.